The maximum atomic E-state index is 9.75. The van der Waals surface area contributed by atoms with E-state index in [9.17, 15) is 5.11 Å². The molecule has 76 valence electrons. The third-order valence-electron chi connectivity index (χ3n) is 2.78. The molecule has 0 atom stereocenters. The predicted molar refractivity (Wildman–Crippen MR) is 59.9 cm³/mol. The van der Waals surface area contributed by atoms with Gasteiger partial charge in [0.15, 0.2) is 0 Å². The number of benzene rings is 1. The van der Waals surface area contributed by atoms with Crippen LogP contribution >= 0.6 is 0 Å². The van der Waals surface area contributed by atoms with Crippen molar-refractivity contribution in [2.24, 2.45) is 5.73 Å². The Morgan fingerprint density at radius 2 is 1.93 bits per heavy atom. The van der Waals surface area contributed by atoms with Gasteiger partial charge in [-0.1, -0.05) is 0 Å². The Labute approximate surface area is 94.0 Å². The molecule has 0 aliphatic carbocycles. The summed E-state index contributed by atoms with van der Waals surface area (Å²) in [6.07, 6.45) is 1.65. The van der Waals surface area contributed by atoms with E-state index in [0.29, 0.717) is 5.75 Å². The minimum atomic E-state index is -0.403. The molecule has 0 bridgehead atoms. The standard InChI is InChI=1S/C11H16AsNO/c1-3-11(13,4-2)9-7-8(12)5-6-10(9)14/h5-7,14H,3-4,13H2,1-2H3. The molecule has 2 radical (unpaired) electrons. The van der Waals surface area contributed by atoms with Crippen LogP contribution in [-0.2, 0) is 5.54 Å². The Hall–Kier alpha value is -0.462. The Bertz CT molecular complexity index is 321. The van der Waals surface area contributed by atoms with Gasteiger partial charge in [0.2, 0.25) is 0 Å². The van der Waals surface area contributed by atoms with Gasteiger partial charge < -0.3 is 0 Å². The quantitative estimate of drug-likeness (QED) is 0.794. The van der Waals surface area contributed by atoms with Crippen molar-refractivity contribution in [3.8, 4) is 5.75 Å². The zero-order valence-electron chi connectivity index (χ0n) is 8.62. The van der Waals surface area contributed by atoms with Crippen molar-refractivity contribution in [3.63, 3.8) is 0 Å². The fourth-order valence-electron chi connectivity index (χ4n) is 1.55. The predicted octanol–water partition coefficient (Wildman–Crippen LogP) is 1.16. The molecule has 0 spiro atoms. The van der Waals surface area contributed by atoms with E-state index in [1.807, 2.05) is 26.0 Å². The van der Waals surface area contributed by atoms with Crippen LogP contribution in [-0.4, -0.2) is 22.0 Å². The molecule has 1 aromatic rings. The van der Waals surface area contributed by atoms with Crippen LogP contribution in [0.2, 0.25) is 0 Å². The zero-order valence-corrected chi connectivity index (χ0v) is 10.5. The molecule has 14 heavy (non-hydrogen) atoms. The van der Waals surface area contributed by atoms with Gasteiger partial charge in [-0.05, 0) is 0 Å². The molecule has 2 nitrogen and oxygen atoms in total. The second-order valence-corrected chi connectivity index (χ2v) is 4.65. The molecule has 0 unspecified atom stereocenters. The van der Waals surface area contributed by atoms with Gasteiger partial charge in [-0.15, -0.1) is 0 Å². The fraction of sp³-hybridized carbons (Fsp3) is 0.455. The average molecular weight is 253 g/mol. The Morgan fingerprint density at radius 1 is 1.36 bits per heavy atom. The summed E-state index contributed by atoms with van der Waals surface area (Å²) in [5, 5.41) is 9.75. The van der Waals surface area contributed by atoms with Gasteiger partial charge in [0, 0.05) is 0 Å². The van der Waals surface area contributed by atoms with Crippen LogP contribution in [0.1, 0.15) is 32.3 Å². The Balaban J connectivity index is 3.22. The van der Waals surface area contributed by atoms with Gasteiger partial charge in [-0.3, -0.25) is 0 Å². The second kappa shape index (κ2) is 4.37. The van der Waals surface area contributed by atoms with E-state index in [1.165, 1.54) is 0 Å². The van der Waals surface area contributed by atoms with Crippen LogP contribution in [0.25, 0.3) is 0 Å². The van der Waals surface area contributed by atoms with E-state index in [-0.39, 0.29) is 0 Å². The molecule has 1 rings (SSSR count). The van der Waals surface area contributed by atoms with E-state index in [4.69, 9.17) is 5.73 Å². The summed E-state index contributed by atoms with van der Waals surface area (Å²) in [6, 6.07) is 5.52. The summed E-state index contributed by atoms with van der Waals surface area (Å²) in [5.74, 6) is 0.297. The van der Waals surface area contributed by atoms with E-state index in [0.717, 1.165) is 22.8 Å². The molecule has 0 aliphatic rings. The van der Waals surface area contributed by atoms with E-state index < -0.39 is 5.54 Å². The second-order valence-electron chi connectivity index (χ2n) is 3.56. The van der Waals surface area contributed by atoms with Crippen molar-refractivity contribution >= 4 is 21.2 Å². The van der Waals surface area contributed by atoms with Crippen molar-refractivity contribution in [3.05, 3.63) is 23.8 Å². The van der Waals surface area contributed by atoms with Gasteiger partial charge in [0.1, 0.15) is 0 Å². The molecule has 3 heteroatoms. The summed E-state index contributed by atoms with van der Waals surface area (Å²) in [6.45, 7) is 4.08. The zero-order chi connectivity index (χ0) is 10.8. The van der Waals surface area contributed by atoms with E-state index >= 15 is 0 Å². The van der Waals surface area contributed by atoms with E-state index in [2.05, 4.69) is 16.9 Å². The Morgan fingerprint density at radius 3 is 2.43 bits per heavy atom. The molecule has 3 N–H and O–H groups in total. The van der Waals surface area contributed by atoms with Gasteiger partial charge in [0.25, 0.3) is 0 Å². The third-order valence-corrected chi connectivity index (χ3v) is 3.36. The fourth-order valence-corrected chi connectivity index (χ4v) is 1.98. The first-order valence-electron chi connectivity index (χ1n) is 4.85. The number of nitrogens with two attached hydrogens (primary N) is 1. The van der Waals surface area contributed by atoms with E-state index in [1.54, 1.807) is 6.07 Å². The van der Waals surface area contributed by atoms with Crippen LogP contribution in [0.3, 0.4) is 0 Å². The minimum absolute atomic E-state index is 0.297. The number of aromatic hydroxyl groups is 1. The Kier molecular flexibility index (Phi) is 3.63. The normalized spacial score (nSPS) is 11.7. The molecule has 1 aromatic carbocycles. The summed E-state index contributed by atoms with van der Waals surface area (Å²) >= 11 is 2.47. The van der Waals surface area contributed by atoms with Gasteiger partial charge >= 0.3 is 93.8 Å². The number of rotatable bonds is 3. The van der Waals surface area contributed by atoms with Crippen LogP contribution in [0, 0.1) is 0 Å². The number of phenolic OH excluding ortho intramolecular Hbond substituents is 1. The van der Waals surface area contributed by atoms with Gasteiger partial charge in [-0.25, -0.2) is 0 Å². The third kappa shape index (κ3) is 2.13. The molecular formula is C11H16AsNO. The number of hydrogen-bond acceptors (Lipinski definition) is 2. The first kappa shape index (κ1) is 11.6. The van der Waals surface area contributed by atoms with Crippen LogP contribution in [0.4, 0.5) is 0 Å². The maximum absolute atomic E-state index is 9.75. The first-order chi connectivity index (χ1) is 6.53. The molecule has 0 amide bonds. The molecule has 0 aliphatic heterocycles. The van der Waals surface area contributed by atoms with Crippen molar-refractivity contribution in [1.29, 1.82) is 0 Å². The summed E-state index contributed by atoms with van der Waals surface area (Å²) in [7, 11) is 0. The molecule has 0 heterocycles. The van der Waals surface area contributed by atoms with Crippen molar-refractivity contribution in [1.82, 2.24) is 0 Å². The van der Waals surface area contributed by atoms with Gasteiger partial charge in [0.05, 0.1) is 0 Å². The molecule has 0 fully saturated rings. The summed E-state index contributed by atoms with van der Waals surface area (Å²) in [4.78, 5) is 0. The average Bonchev–Trinajstić information content (AvgIpc) is 2.20. The number of hydrogen-bond donors (Lipinski definition) is 2. The topological polar surface area (TPSA) is 46.2 Å². The van der Waals surface area contributed by atoms with Crippen LogP contribution in [0.15, 0.2) is 18.2 Å². The SMILES string of the molecule is CCC(N)(CC)c1cc([As])ccc1O. The van der Waals surface area contributed by atoms with Crippen LogP contribution in [0.5, 0.6) is 5.75 Å². The molecule has 0 aromatic heterocycles. The van der Waals surface area contributed by atoms with Crippen molar-refractivity contribution < 1.29 is 5.11 Å². The van der Waals surface area contributed by atoms with Crippen molar-refractivity contribution in [2.45, 2.75) is 32.2 Å². The monoisotopic (exact) mass is 253 g/mol. The van der Waals surface area contributed by atoms with Crippen molar-refractivity contribution in [2.75, 3.05) is 0 Å². The first-order valence-corrected chi connectivity index (χ1v) is 5.78. The van der Waals surface area contributed by atoms with Crippen LogP contribution < -0.4 is 10.1 Å². The molecule has 0 saturated heterocycles. The van der Waals surface area contributed by atoms with Gasteiger partial charge in [-0.2, -0.15) is 0 Å². The summed E-state index contributed by atoms with van der Waals surface area (Å²) < 4.78 is 1.07. The summed E-state index contributed by atoms with van der Waals surface area (Å²) in [5.41, 5.74) is 6.67. The molecular weight excluding hydrogens is 237 g/mol. The number of phenols is 1. The molecule has 0 saturated carbocycles.